The molecule has 44 heavy (non-hydrogen) atoms. The number of aromatic nitrogens is 5. The predicted molar refractivity (Wildman–Crippen MR) is 165 cm³/mol. The number of carbonyl (C=O) groups is 3. The van der Waals surface area contributed by atoms with Gasteiger partial charge in [0.25, 0.3) is 0 Å². The van der Waals surface area contributed by atoms with Gasteiger partial charge in [-0.1, -0.05) is 29.5 Å². The summed E-state index contributed by atoms with van der Waals surface area (Å²) in [5.74, 6) is -2.24. The number of benzene rings is 1. The number of alkyl halides is 4. The standard InChI is InChI=1S/C30H29F3IN7O3/c1-14-6-19(20-10-35-18(5)36-11-20)8-21-22(17(4)42)12-40(25(14)21)13-24(43)41-23(7-15(2)26(41)34)28(44)38-27-16(3)9-37-29(39-27)30(31,32)33/h6,8-12,15,23,26H,7,13H2,1-5H3,(H,37,38,39,44)/t15-,23-,26-/m0/s1. The molecule has 1 fully saturated rings. The Morgan fingerprint density at radius 1 is 1.02 bits per heavy atom. The van der Waals surface area contributed by atoms with Crippen molar-refractivity contribution in [2.75, 3.05) is 5.32 Å². The van der Waals surface area contributed by atoms with Gasteiger partial charge in [-0.2, -0.15) is 13.2 Å². The third kappa shape index (κ3) is 6.03. The Balaban J connectivity index is 1.46. The molecule has 230 valence electrons. The number of amides is 2. The molecule has 0 aliphatic carbocycles. The van der Waals surface area contributed by atoms with Crippen LogP contribution >= 0.6 is 22.6 Å². The molecule has 10 nitrogen and oxygen atoms in total. The van der Waals surface area contributed by atoms with Crippen molar-refractivity contribution in [1.82, 2.24) is 29.4 Å². The monoisotopic (exact) mass is 719 g/mol. The molecule has 1 aliphatic rings. The van der Waals surface area contributed by atoms with Gasteiger partial charge in [0.15, 0.2) is 5.78 Å². The van der Waals surface area contributed by atoms with Gasteiger partial charge in [0.2, 0.25) is 17.6 Å². The average molecular weight is 720 g/mol. The van der Waals surface area contributed by atoms with E-state index in [0.717, 1.165) is 22.9 Å². The van der Waals surface area contributed by atoms with E-state index in [1.807, 2.05) is 26.0 Å². The van der Waals surface area contributed by atoms with Gasteiger partial charge in [-0.05, 0) is 63.3 Å². The number of nitrogens with zero attached hydrogens (tertiary/aromatic N) is 6. The topological polar surface area (TPSA) is 123 Å². The molecule has 0 saturated carbocycles. The van der Waals surface area contributed by atoms with Crippen LogP contribution in [-0.4, -0.2) is 57.1 Å². The highest BCUT2D eigenvalue weighted by molar-refractivity contribution is 14.1. The number of hydrogen-bond donors (Lipinski definition) is 1. The van der Waals surface area contributed by atoms with E-state index in [9.17, 15) is 27.6 Å². The molecule has 0 bridgehead atoms. The minimum absolute atomic E-state index is 0.0669. The van der Waals surface area contributed by atoms with Crippen molar-refractivity contribution in [3.8, 4) is 11.1 Å². The number of rotatable bonds is 6. The van der Waals surface area contributed by atoms with Crippen molar-refractivity contribution >= 4 is 56.9 Å². The molecule has 3 aromatic heterocycles. The van der Waals surface area contributed by atoms with Gasteiger partial charge in [-0.15, -0.1) is 0 Å². The van der Waals surface area contributed by atoms with Crippen molar-refractivity contribution in [3.63, 3.8) is 0 Å². The third-order valence-electron chi connectivity index (χ3n) is 7.69. The summed E-state index contributed by atoms with van der Waals surface area (Å²) in [4.78, 5) is 56.8. The van der Waals surface area contributed by atoms with E-state index in [4.69, 9.17) is 0 Å². The second-order valence-electron chi connectivity index (χ2n) is 11.0. The van der Waals surface area contributed by atoms with Crippen molar-refractivity contribution in [3.05, 3.63) is 65.3 Å². The van der Waals surface area contributed by atoms with Gasteiger partial charge in [0.1, 0.15) is 24.2 Å². The van der Waals surface area contributed by atoms with Crippen LogP contribution in [-0.2, 0) is 22.3 Å². The number of anilines is 1. The largest absolute Gasteiger partial charge is 0.451 e. The first kappa shape index (κ1) is 31.5. The summed E-state index contributed by atoms with van der Waals surface area (Å²) in [6.45, 7) is 8.38. The maximum absolute atomic E-state index is 13.9. The highest BCUT2D eigenvalue weighted by Gasteiger charge is 2.44. The number of fused-ring (bicyclic) bond motifs is 1. The molecule has 0 unspecified atom stereocenters. The quantitative estimate of drug-likeness (QED) is 0.118. The van der Waals surface area contributed by atoms with E-state index in [1.165, 1.54) is 18.7 Å². The van der Waals surface area contributed by atoms with E-state index >= 15 is 0 Å². The van der Waals surface area contributed by atoms with Crippen LogP contribution in [0.3, 0.4) is 0 Å². The molecular weight excluding hydrogens is 690 g/mol. The first-order chi connectivity index (χ1) is 20.6. The zero-order valence-corrected chi connectivity index (χ0v) is 26.7. The van der Waals surface area contributed by atoms with Crippen molar-refractivity contribution in [1.29, 1.82) is 0 Å². The fourth-order valence-corrected chi connectivity index (χ4v) is 6.46. The van der Waals surface area contributed by atoms with Gasteiger partial charge in [0, 0.05) is 46.9 Å². The molecule has 5 rings (SSSR count). The van der Waals surface area contributed by atoms with E-state index in [2.05, 4.69) is 47.8 Å². The summed E-state index contributed by atoms with van der Waals surface area (Å²) in [5.41, 5.74) is 3.84. The van der Waals surface area contributed by atoms with Crippen molar-refractivity contribution < 1.29 is 27.6 Å². The van der Waals surface area contributed by atoms with Gasteiger partial charge >= 0.3 is 6.18 Å². The van der Waals surface area contributed by atoms with Crippen LogP contribution in [0, 0.1) is 26.7 Å². The van der Waals surface area contributed by atoms with E-state index in [0.29, 0.717) is 28.7 Å². The maximum atomic E-state index is 13.9. The number of hydrogen-bond acceptors (Lipinski definition) is 7. The lowest BCUT2D eigenvalue weighted by molar-refractivity contribution is -0.145. The van der Waals surface area contributed by atoms with Gasteiger partial charge in [0.05, 0.1) is 9.57 Å². The minimum Gasteiger partial charge on any atom is -0.337 e. The number of aryl methyl sites for hydroxylation is 3. The Hall–Kier alpha value is -3.95. The van der Waals surface area contributed by atoms with Gasteiger partial charge in [-0.25, -0.2) is 19.9 Å². The molecule has 4 heterocycles. The second kappa shape index (κ2) is 11.9. The first-order valence-electron chi connectivity index (χ1n) is 13.8. The summed E-state index contributed by atoms with van der Waals surface area (Å²) < 4.78 is 41.0. The highest BCUT2D eigenvalue weighted by atomic mass is 127. The smallest absolute Gasteiger partial charge is 0.337 e. The maximum Gasteiger partial charge on any atom is 0.451 e. The lowest BCUT2D eigenvalue weighted by Crippen LogP contribution is -2.46. The average Bonchev–Trinajstić information content (AvgIpc) is 3.46. The number of carbonyl (C=O) groups excluding carboxylic acids is 3. The molecule has 3 atom stereocenters. The number of Topliss-reactive ketones (excluding diaryl/α,β-unsaturated/α-hetero) is 1. The van der Waals surface area contributed by atoms with Crippen LogP contribution in [0.1, 0.15) is 53.4 Å². The Morgan fingerprint density at radius 2 is 1.70 bits per heavy atom. The zero-order chi connectivity index (χ0) is 32.1. The lowest BCUT2D eigenvalue weighted by Gasteiger charge is -2.28. The van der Waals surface area contributed by atoms with Crippen LogP contribution in [0.5, 0.6) is 0 Å². The molecule has 1 aromatic carbocycles. The summed E-state index contributed by atoms with van der Waals surface area (Å²) in [5, 5.41) is 3.17. The lowest BCUT2D eigenvalue weighted by atomic mass is 10.0. The molecule has 1 saturated heterocycles. The molecule has 1 aliphatic heterocycles. The molecule has 2 amide bonds. The summed E-state index contributed by atoms with van der Waals surface area (Å²) in [6.07, 6.45) is 1.60. The zero-order valence-electron chi connectivity index (χ0n) is 24.5. The predicted octanol–water partition coefficient (Wildman–Crippen LogP) is 5.67. The molecule has 1 N–H and O–H groups in total. The minimum atomic E-state index is -4.78. The second-order valence-corrected chi connectivity index (χ2v) is 12.3. The molecule has 0 spiro atoms. The SMILES string of the molecule is CC(=O)c1cn(CC(=O)N2[C@H](I)[C@@H](C)C[C@H]2C(=O)Nc2nc(C(F)(F)F)ncc2C)c2c(C)cc(-c3cnc(C)nc3)cc12. The van der Waals surface area contributed by atoms with Crippen LogP contribution in [0.2, 0.25) is 0 Å². The molecular formula is C30H29F3IN7O3. The summed E-state index contributed by atoms with van der Waals surface area (Å²) >= 11 is 2.11. The number of likely N-dealkylation sites (tertiary alicyclic amines) is 1. The molecule has 0 radical (unpaired) electrons. The Labute approximate surface area is 264 Å². The number of nitrogens with one attached hydrogen (secondary N) is 1. The Kier molecular flexibility index (Phi) is 8.48. The fourth-order valence-electron chi connectivity index (χ4n) is 5.47. The van der Waals surface area contributed by atoms with Crippen LogP contribution in [0.25, 0.3) is 22.0 Å². The van der Waals surface area contributed by atoms with Gasteiger partial charge in [-0.3, -0.25) is 14.4 Å². The first-order valence-corrected chi connectivity index (χ1v) is 15.0. The number of ketones is 1. The van der Waals surface area contributed by atoms with E-state index < -0.39 is 23.9 Å². The summed E-state index contributed by atoms with van der Waals surface area (Å²) in [7, 11) is 0. The van der Waals surface area contributed by atoms with Crippen LogP contribution < -0.4 is 5.32 Å². The van der Waals surface area contributed by atoms with Crippen LogP contribution in [0.4, 0.5) is 19.0 Å². The highest BCUT2D eigenvalue weighted by Crippen LogP contribution is 2.36. The normalized spacial score (nSPS) is 18.6. The summed E-state index contributed by atoms with van der Waals surface area (Å²) in [6, 6.07) is 2.88. The van der Waals surface area contributed by atoms with E-state index in [1.54, 1.807) is 30.1 Å². The third-order valence-corrected chi connectivity index (χ3v) is 9.51. The molecule has 4 aromatic rings. The van der Waals surface area contributed by atoms with Crippen molar-refractivity contribution in [2.45, 2.75) is 63.9 Å². The van der Waals surface area contributed by atoms with Gasteiger partial charge < -0.3 is 14.8 Å². The Bertz CT molecular complexity index is 1790. The van der Waals surface area contributed by atoms with Crippen molar-refractivity contribution in [2.24, 2.45) is 5.92 Å². The van der Waals surface area contributed by atoms with E-state index in [-0.39, 0.29) is 39.6 Å². The Morgan fingerprint density at radius 3 is 2.34 bits per heavy atom. The number of halogens is 4. The fraction of sp³-hybridized carbons (Fsp3) is 0.367. The molecule has 14 heteroatoms. The van der Waals surface area contributed by atoms with Crippen LogP contribution in [0.15, 0.2) is 36.9 Å².